The molecule has 0 fully saturated rings. The van der Waals surface area contributed by atoms with Gasteiger partial charge >= 0.3 is 6.15 Å². The Hall–Kier alpha value is -2.60. The van der Waals surface area contributed by atoms with Gasteiger partial charge in [0.05, 0.1) is 0 Å². The maximum atomic E-state index is 13.3. The number of nitrogens with zero attached hydrogens (tertiary/aromatic N) is 3. The van der Waals surface area contributed by atoms with Gasteiger partial charge in [-0.1, -0.05) is 5.46 Å². The summed E-state index contributed by atoms with van der Waals surface area (Å²) in [5.74, 6) is -8.77. The molecule has 0 aliphatic carbocycles. The van der Waals surface area contributed by atoms with Gasteiger partial charge in [-0.15, -0.1) is 17.9 Å². The molecule has 1 aromatic rings. The normalized spacial score (nSPS) is 10.3. The summed E-state index contributed by atoms with van der Waals surface area (Å²) in [6, 6.07) is 0. The lowest BCUT2D eigenvalue weighted by atomic mass is 9.25. The number of benzene rings is 1. The first-order valence-electron chi connectivity index (χ1n) is 4.27. The lowest BCUT2D eigenvalue weighted by Crippen LogP contribution is -2.50. The van der Waals surface area contributed by atoms with E-state index in [-0.39, 0.29) is 0 Å². The molecule has 0 atom stereocenters. The van der Waals surface area contributed by atoms with Crippen LogP contribution in [0.25, 0.3) is 0 Å². The van der Waals surface area contributed by atoms with Crippen LogP contribution in [-0.4, -0.2) is 6.15 Å². The second-order valence-electron chi connectivity index (χ2n) is 3.24. The van der Waals surface area contributed by atoms with E-state index in [9.17, 15) is 22.0 Å². The van der Waals surface area contributed by atoms with Crippen LogP contribution in [0.5, 0.6) is 0 Å². The van der Waals surface area contributed by atoms with E-state index in [0.29, 0.717) is 0 Å². The average Bonchev–Trinajstić information content (AvgIpc) is 2.39. The van der Waals surface area contributed by atoms with Gasteiger partial charge < -0.3 is 0 Å². The van der Waals surface area contributed by atoms with Crippen LogP contribution in [0.4, 0.5) is 22.0 Å². The summed E-state index contributed by atoms with van der Waals surface area (Å²) in [6.45, 7) is 0. The number of halogens is 5. The van der Waals surface area contributed by atoms with Crippen LogP contribution in [0.3, 0.4) is 0 Å². The van der Waals surface area contributed by atoms with Gasteiger partial charge in [-0.05, 0) is 0 Å². The molecule has 1 rings (SSSR count). The summed E-state index contributed by atoms with van der Waals surface area (Å²) in [6.07, 6.45) is -3.85. The van der Waals surface area contributed by atoms with Crippen molar-refractivity contribution in [2.24, 2.45) is 0 Å². The third kappa shape index (κ3) is 1.56. The Morgan fingerprint density at radius 3 is 1.17 bits per heavy atom. The molecule has 3 nitrogen and oxygen atoms in total. The van der Waals surface area contributed by atoms with Crippen molar-refractivity contribution in [3.63, 3.8) is 0 Å². The minimum absolute atomic E-state index is 0.991. The molecule has 0 saturated carbocycles. The number of hydrogen-bond donors (Lipinski definition) is 0. The molecule has 0 amide bonds. The van der Waals surface area contributed by atoms with Gasteiger partial charge in [-0.2, -0.15) is 0 Å². The number of rotatable bonds is 1. The minimum Gasteiger partial charge on any atom is -0.246 e. The molecule has 90 valence electrons. The molecule has 0 spiro atoms. The van der Waals surface area contributed by atoms with Crippen LogP contribution in [0, 0.1) is 62.8 Å². The monoisotopic (exact) mass is 256 g/mol. The maximum absolute atomic E-state index is 13.3. The predicted octanol–water partition coefficient (Wildman–Crippen LogP) is 1.23. The van der Waals surface area contributed by atoms with E-state index in [1.807, 2.05) is 0 Å². The third-order valence-corrected chi connectivity index (χ3v) is 2.26. The molecule has 0 saturated heterocycles. The molecule has 0 aromatic heterocycles. The van der Waals surface area contributed by atoms with Gasteiger partial charge in [-0.3, -0.25) is 0 Å². The molecule has 0 aliphatic heterocycles. The molecule has 0 unspecified atom stereocenters. The highest BCUT2D eigenvalue weighted by molar-refractivity contribution is 7.09. The fourth-order valence-corrected chi connectivity index (χ4v) is 1.28. The van der Waals surface area contributed by atoms with E-state index in [1.165, 1.54) is 0 Å². The second-order valence-corrected chi connectivity index (χ2v) is 3.24. The fraction of sp³-hybridized carbons (Fsp3) is 0. The van der Waals surface area contributed by atoms with E-state index < -0.39 is 40.7 Å². The summed E-state index contributed by atoms with van der Waals surface area (Å²) in [5, 5.41) is 25.8. The lowest BCUT2D eigenvalue weighted by molar-refractivity contribution is 0.384. The Morgan fingerprint density at radius 2 is 0.889 bits per heavy atom. The van der Waals surface area contributed by atoms with Crippen molar-refractivity contribution < 1.29 is 22.0 Å². The van der Waals surface area contributed by atoms with Crippen LogP contribution >= 0.6 is 0 Å². The largest absolute Gasteiger partial charge is 0.327 e. The highest BCUT2D eigenvalue weighted by Crippen LogP contribution is 2.19. The van der Waals surface area contributed by atoms with Crippen molar-refractivity contribution in [3.8, 4) is 17.9 Å². The van der Waals surface area contributed by atoms with Crippen LogP contribution in [0.2, 0.25) is 0 Å². The minimum atomic E-state index is -3.85. The van der Waals surface area contributed by atoms with Gasteiger partial charge in [-0.25, -0.2) is 37.7 Å². The molecule has 9 heteroatoms. The van der Waals surface area contributed by atoms with Crippen LogP contribution in [0.15, 0.2) is 0 Å². The van der Waals surface area contributed by atoms with E-state index in [1.54, 1.807) is 0 Å². The van der Waals surface area contributed by atoms with E-state index >= 15 is 0 Å². The SMILES string of the molecule is N#C[B-](C#N)(C#N)c1c(F)c(F)c(F)c(F)c1F. The molecule has 18 heavy (non-hydrogen) atoms. The zero-order valence-electron chi connectivity index (χ0n) is 8.31. The molecular formula is C9BF5N3-. The molecule has 0 heterocycles. The molecule has 1 aromatic carbocycles. The summed E-state index contributed by atoms with van der Waals surface area (Å²) < 4.78 is 65.1. The Labute approximate surface area is 97.2 Å². The molecule has 0 N–H and O–H groups in total. The number of hydrogen-bond acceptors (Lipinski definition) is 3. The first-order valence-corrected chi connectivity index (χ1v) is 4.27. The van der Waals surface area contributed by atoms with E-state index in [2.05, 4.69) is 0 Å². The van der Waals surface area contributed by atoms with Crippen LogP contribution in [0.1, 0.15) is 0 Å². The highest BCUT2D eigenvalue weighted by Gasteiger charge is 2.37. The van der Waals surface area contributed by atoms with E-state index in [0.717, 1.165) is 17.9 Å². The first kappa shape index (κ1) is 13.5. The zero-order valence-corrected chi connectivity index (χ0v) is 8.31. The van der Waals surface area contributed by atoms with Crippen molar-refractivity contribution in [3.05, 3.63) is 29.1 Å². The van der Waals surface area contributed by atoms with Gasteiger partial charge in [0.25, 0.3) is 0 Å². The molecule has 0 bridgehead atoms. The summed E-state index contributed by atoms with van der Waals surface area (Å²) in [4.78, 5) is 0. The smallest absolute Gasteiger partial charge is 0.246 e. The van der Waals surface area contributed by atoms with E-state index in [4.69, 9.17) is 15.8 Å². The maximum Gasteiger partial charge on any atom is 0.327 e. The quantitative estimate of drug-likeness (QED) is 0.328. The zero-order chi connectivity index (χ0) is 14.1. The average molecular weight is 256 g/mol. The van der Waals surface area contributed by atoms with Crippen LogP contribution in [-0.2, 0) is 0 Å². The van der Waals surface area contributed by atoms with Crippen molar-refractivity contribution in [2.45, 2.75) is 0 Å². The van der Waals surface area contributed by atoms with Crippen molar-refractivity contribution in [1.29, 1.82) is 15.8 Å². The highest BCUT2D eigenvalue weighted by atomic mass is 19.2. The standard InChI is InChI=1S/C9BF5N3/c11-5-4(10(1-16,2-17)3-18)6(12)8(14)9(15)7(5)13/q-1. The van der Waals surface area contributed by atoms with Gasteiger partial charge in [0.15, 0.2) is 17.5 Å². The molecule has 0 aliphatic rings. The fourth-order valence-electron chi connectivity index (χ4n) is 1.28. The number of nitriles is 3. The molecular weight excluding hydrogens is 256 g/mol. The Balaban J connectivity index is 3.92. The van der Waals surface area contributed by atoms with Crippen molar-refractivity contribution in [1.82, 2.24) is 0 Å². The third-order valence-electron chi connectivity index (χ3n) is 2.26. The molecule has 0 radical (unpaired) electrons. The lowest BCUT2D eigenvalue weighted by Gasteiger charge is -2.19. The Bertz CT molecular complexity index is 587. The van der Waals surface area contributed by atoms with Crippen LogP contribution < -0.4 is 5.46 Å². The van der Waals surface area contributed by atoms with Crippen molar-refractivity contribution in [2.75, 3.05) is 0 Å². The van der Waals surface area contributed by atoms with Crippen molar-refractivity contribution >= 4 is 11.6 Å². The topological polar surface area (TPSA) is 71.4 Å². The second kappa shape index (κ2) is 4.35. The van der Waals surface area contributed by atoms with Gasteiger partial charge in [0.1, 0.15) is 11.6 Å². The predicted molar refractivity (Wildman–Crippen MR) is 48.5 cm³/mol. The summed E-state index contributed by atoms with van der Waals surface area (Å²) in [5.41, 5.74) is -1.71. The Kier molecular flexibility index (Phi) is 3.25. The summed E-state index contributed by atoms with van der Waals surface area (Å²) >= 11 is 0. The Morgan fingerprint density at radius 1 is 0.611 bits per heavy atom. The summed E-state index contributed by atoms with van der Waals surface area (Å²) in [7, 11) is 0. The first-order chi connectivity index (χ1) is 8.36. The van der Waals surface area contributed by atoms with Gasteiger partial charge in [0, 0.05) is 0 Å². The van der Waals surface area contributed by atoms with Gasteiger partial charge in [0.2, 0.25) is 0 Å².